The fourth-order valence-electron chi connectivity index (χ4n) is 7.16. The van der Waals surface area contributed by atoms with Gasteiger partial charge in [0.1, 0.15) is 11.5 Å². The number of anilines is 2. The molecular formula is C43H40N2O2. The minimum absolute atomic E-state index is 0.537. The van der Waals surface area contributed by atoms with Crippen LogP contribution in [-0.4, -0.2) is 0 Å². The molecule has 0 fully saturated rings. The fourth-order valence-corrected chi connectivity index (χ4v) is 7.16. The predicted molar refractivity (Wildman–Crippen MR) is 194 cm³/mol. The lowest BCUT2D eigenvalue weighted by atomic mass is 9.68. The number of para-hydroxylation sites is 2. The van der Waals surface area contributed by atoms with Crippen molar-refractivity contribution in [3.05, 3.63) is 167 Å². The molecule has 0 amide bonds. The standard InChI is InChI=1S/C43H40N2O2/c1-3-11-29-13-9-19-39(41(29)44)46-33-25-21-31(22-26-33)43(37-17-7-5-15-35(37)36-16-6-8-18-38(36)43)32-23-27-34(28-24-32)47-40-20-10-14-30(12-4-2)42(40)45/h5-10,13-28H,3-4,11-12,44-45H2,1-2H3. The third kappa shape index (κ3) is 5.30. The average molecular weight is 617 g/mol. The Morgan fingerprint density at radius 3 is 1.28 bits per heavy atom. The molecule has 4 nitrogen and oxygen atoms in total. The highest BCUT2D eigenvalue weighted by molar-refractivity contribution is 5.86. The van der Waals surface area contributed by atoms with Gasteiger partial charge in [-0.2, -0.15) is 0 Å². The molecule has 0 aromatic heterocycles. The molecule has 4 N–H and O–H groups in total. The van der Waals surface area contributed by atoms with E-state index < -0.39 is 5.41 Å². The third-order valence-electron chi connectivity index (χ3n) is 9.33. The zero-order valence-corrected chi connectivity index (χ0v) is 27.0. The van der Waals surface area contributed by atoms with Crippen LogP contribution in [0, 0.1) is 0 Å². The molecule has 1 aliphatic rings. The summed E-state index contributed by atoms with van der Waals surface area (Å²) in [6.07, 6.45) is 3.90. The number of fused-ring (bicyclic) bond motifs is 3. The van der Waals surface area contributed by atoms with Crippen LogP contribution in [0.5, 0.6) is 23.0 Å². The van der Waals surface area contributed by atoms with E-state index in [2.05, 4.69) is 123 Å². The molecule has 6 aromatic carbocycles. The van der Waals surface area contributed by atoms with Crippen molar-refractivity contribution < 1.29 is 9.47 Å². The summed E-state index contributed by atoms with van der Waals surface area (Å²) in [5.41, 5.74) is 23.4. The molecule has 0 heterocycles. The molecule has 0 saturated heterocycles. The first-order valence-electron chi connectivity index (χ1n) is 16.6. The number of nitrogen functional groups attached to an aromatic ring is 2. The Balaban J connectivity index is 1.30. The molecule has 47 heavy (non-hydrogen) atoms. The van der Waals surface area contributed by atoms with Gasteiger partial charge in [-0.25, -0.2) is 0 Å². The predicted octanol–water partition coefficient (Wildman–Crippen LogP) is 10.7. The Morgan fingerprint density at radius 2 is 0.872 bits per heavy atom. The molecule has 7 rings (SSSR count). The highest BCUT2D eigenvalue weighted by atomic mass is 16.5. The van der Waals surface area contributed by atoms with Gasteiger partial charge in [0, 0.05) is 0 Å². The summed E-state index contributed by atoms with van der Waals surface area (Å²) in [5, 5.41) is 0. The van der Waals surface area contributed by atoms with E-state index in [1.165, 1.54) is 22.3 Å². The first kappa shape index (κ1) is 30.2. The normalized spacial score (nSPS) is 12.7. The van der Waals surface area contributed by atoms with Crippen molar-refractivity contribution in [3.63, 3.8) is 0 Å². The van der Waals surface area contributed by atoms with Gasteiger partial charge in [-0.05, 0) is 93.7 Å². The summed E-state index contributed by atoms with van der Waals surface area (Å²) < 4.78 is 12.7. The Bertz CT molecular complexity index is 1880. The van der Waals surface area contributed by atoms with Crippen molar-refractivity contribution in [1.29, 1.82) is 0 Å². The molecular weight excluding hydrogens is 576 g/mol. The number of aryl methyl sites for hydroxylation is 2. The molecule has 0 bridgehead atoms. The maximum absolute atomic E-state index is 6.50. The van der Waals surface area contributed by atoms with Crippen LogP contribution < -0.4 is 20.9 Å². The van der Waals surface area contributed by atoms with Gasteiger partial charge >= 0.3 is 0 Å². The van der Waals surface area contributed by atoms with Crippen molar-refractivity contribution in [1.82, 2.24) is 0 Å². The van der Waals surface area contributed by atoms with Crippen LogP contribution in [0.2, 0.25) is 0 Å². The first-order chi connectivity index (χ1) is 23.0. The number of ether oxygens (including phenoxy) is 2. The zero-order chi connectivity index (χ0) is 32.4. The monoisotopic (exact) mass is 616 g/mol. The minimum Gasteiger partial charge on any atom is -0.455 e. The average Bonchev–Trinajstić information content (AvgIpc) is 3.40. The fraction of sp³-hybridized carbons (Fsp3) is 0.163. The summed E-state index contributed by atoms with van der Waals surface area (Å²) in [7, 11) is 0. The van der Waals surface area contributed by atoms with Gasteiger partial charge in [-0.1, -0.05) is 124 Å². The van der Waals surface area contributed by atoms with Gasteiger partial charge in [0.25, 0.3) is 0 Å². The highest BCUT2D eigenvalue weighted by Gasteiger charge is 2.45. The topological polar surface area (TPSA) is 70.5 Å². The minimum atomic E-state index is -0.537. The van der Waals surface area contributed by atoms with E-state index >= 15 is 0 Å². The van der Waals surface area contributed by atoms with Gasteiger partial charge < -0.3 is 20.9 Å². The van der Waals surface area contributed by atoms with Crippen LogP contribution in [0.3, 0.4) is 0 Å². The Hall–Kier alpha value is -5.48. The van der Waals surface area contributed by atoms with E-state index in [9.17, 15) is 0 Å². The lowest BCUT2D eigenvalue weighted by Gasteiger charge is -2.34. The number of rotatable bonds is 10. The number of benzene rings is 6. The van der Waals surface area contributed by atoms with Crippen LogP contribution in [0.15, 0.2) is 133 Å². The smallest absolute Gasteiger partial charge is 0.150 e. The Morgan fingerprint density at radius 1 is 0.468 bits per heavy atom. The van der Waals surface area contributed by atoms with E-state index in [1.54, 1.807) is 0 Å². The van der Waals surface area contributed by atoms with Gasteiger partial charge in [0.2, 0.25) is 0 Å². The summed E-state index contributed by atoms with van der Waals surface area (Å²) in [5.74, 6) is 2.86. The van der Waals surface area contributed by atoms with E-state index in [4.69, 9.17) is 20.9 Å². The van der Waals surface area contributed by atoms with Crippen molar-refractivity contribution in [2.45, 2.75) is 44.9 Å². The molecule has 0 atom stereocenters. The van der Waals surface area contributed by atoms with Crippen LogP contribution in [0.4, 0.5) is 11.4 Å². The van der Waals surface area contributed by atoms with Crippen LogP contribution in [0.1, 0.15) is 60.1 Å². The summed E-state index contributed by atoms with van der Waals surface area (Å²) in [4.78, 5) is 0. The SMILES string of the molecule is CCCc1cccc(Oc2ccc(C3(c4ccc(Oc5cccc(CCC)c5N)cc4)c4ccccc4-c4ccccc43)cc2)c1N. The van der Waals surface area contributed by atoms with Crippen molar-refractivity contribution >= 4 is 11.4 Å². The molecule has 6 aromatic rings. The zero-order valence-electron chi connectivity index (χ0n) is 27.0. The first-order valence-corrected chi connectivity index (χ1v) is 16.6. The van der Waals surface area contributed by atoms with Crippen molar-refractivity contribution in [3.8, 4) is 34.1 Å². The molecule has 1 aliphatic carbocycles. The highest BCUT2D eigenvalue weighted by Crippen LogP contribution is 2.56. The maximum Gasteiger partial charge on any atom is 0.150 e. The van der Waals surface area contributed by atoms with Crippen LogP contribution >= 0.6 is 0 Å². The van der Waals surface area contributed by atoms with E-state index in [0.29, 0.717) is 22.9 Å². The second kappa shape index (κ2) is 12.7. The maximum atomic E-state index is 6.50. The summed E-state index contributed by atoms with van der Waals surface area (Å²) in [6, 6.07) is 46.4. The van der Waals surface area contributed by atoms with Crippen molar-refractivity contribution in [2.75, 3.05) is 11.5 Å². The molecule has 0 saturated carbocycles. The second-order valence-corrected chi connectivity index (χ2v) is 12.3. The van der Waals surface area contributed by atoms with Gasteiger partial charge in [-0.15, -0.1) is 0 Å². The number of hydrogen-bond acceptors (Lipinski definition) is 4. The summed E-state index contributed by atoms with van der Waals surface area (Å²) in [6.45, 7) is 4.31. The van der Waals surface area contributed by atoms with E-state index in [0.717, 1.165) is 59.4 Å². The molecule has 0 spiro atoms. The summed E-state index contributed by atoms with van der Waals surface area (Å²) >= 11 is 0. The molecule has 234 valence electrons. The third-order valence-corrected chi connectivity index (χ3v) is 9.33. The van der Waals surface area contributed by atoms with Crippen molar-refractivity contribution in [2.24, 2.45) is 0 Å². The lowest BCUT2D eigenvalue weighted by Crippen LogP contribution is -2.28. The Labute approximate surface area is 277 Å². The largest absolute Gasteiger partial charge is 0.455 e. The van der Waals surface area contributed by atoms with E-state index in [-0.39, 0.29) is 0 Å². The molecule has 0 aliphatic heterocycles. The Kier molecular flexibility index (Phi) is 8.17. The molecule has 0 unspecified atom stereocenters. The van der Waals surface area contributed by atoms with Gasteiger partial charge in [-0.3, -0.25) is 0 Å². The van der Waals surface area contributed by atoms with Crippen LogP contribution in [0.25, 0.3) is 11.1 Å². The molecule has 4 heteroatoms. The quantitative estimate of drug-likeness (QED) is 0.150. The lowest BCUT2D eigenvalue weighted by molar-refractivity contribution is 0.483. The number of nitrogens with two attached hydrogens (primary N) is 2. The van der Waals surface area contributed by atoms with E-state index in [1.807, 2.05) is 24.3 Å². The van der Waals surface area contributed by atoms with Gasteiger partial charge in [0.05, 0.1) is 16.8 Å². The number of hydrogen-bond donors (Lipinski definition) is 2. The van der Waals surface area contributed by atoms with Gasteiger partial charge in [0.15, 0.2) is 11.5 Å². The second-order valence-electron chi connectivity index (χ2n) is 12.3. The van der Waals surface area contributed by atoms with Crippen LogP contribution in [-0.2, 0) is 18.3 Å². The molecule has 0 radical (unpaired) electrons.